The fraction of sp³-hybridized carbons (Fsp3) is 0.867. The summed E-state index contributed by atoms with van der Waals surface area (Å²) < 4.78 is 32.2. The van der Waals surface area contributed by atoms with Gasteiger partial charge in [-0.3, -0.25) is 18.6 Å². The highest BCUT2D eigenvalue weighted by Gasteiger charge is 2.25. The monoisotopic (exact) mass is 576 g/mol. The van der Waals surface area contributed by atoms with Gasteiger partial charge in [0.25, 0.3) is 0 Å². The molecule has 0 aromatic rings. The molecule has 1 N–H and O–H groups in total. The van der Waals surface area contributed by atoms with E-state index in [1.165, 1.54) is 44.9 Å². The summed E-state index contributed by atoms with van der Waals surface area (Å²) in [5.74, 6) is -0.814. The molecular weight excluding hydrogens is 519 g/mol. The van der Waals surface area contributed by atoms with Crippen LogP contribution in [0.2, 0.25) is 0 Å². The quantitative estimate of drug-likeness (QED) is 0.0427. The first-order valence-corrected chi connectivity index (χ1v) is 17.0. The number of rotatable bonds is 28. The molecule has 0 spiro atoms. The van der Waals surface area contributed by atoms with Gasteiger partial charge in [-0.1, -0.05) is 103 Å². The summed E-state index contributed by atoms with van der Waals surface area (Å²) >= 11 is 0. The lowest BCUT2D eigenvalue weighted by Crippen LogP contribution is -2.29. The number of esters is 2. The van der Waals surface area contributed by atoms with Crippen LogP contribution < -0.4 is 0 Å². The molecule has 2 atom stereocenters. The number of carbonyl (C=O) groups excluding carboxylic acids is 2. The van der Waals surface area contributed by atoms with Crippen molar-refractivity contribution in [2.45, 2.75) is 149 Å². The van der Waals surface area contributed by atoms with Crippen molar-refractivity contribution in [1.82, 2.24) is 0 Å². The largest absolute Gasteiger partial charge is 0.472 e. The zero-order valence-electron chi connectivity index (χ0n) is 25.0. The second-order valence-corrected chi connectivity index (χ2v) is 11.5. The van der Waals surface area contributed by atoms with Crippen LogP contribution in [0.4, 0.5) is 0 Å². The van der Waals surface area contributed by atoms with Gasteiger partial charge in [-0.05, 0) is 39.0 Å². The summed E-state index contributed by atoms with van der Waals surface area (Å²) in [5, 5.41) is 0. The number of phosphoric acid groups is 1. The number of carbonyl (C=O) groups is 2. The first-order valence-electron chi connectivity index (χ1n) is 15.5. The zero-order valence-corrected chi connectivity index (χ0v) is 25.9. The van der Waals surface area contributed by atoms with Crippen molar-refractivity contribution in [3.63, 3.8) is 0 Å². The van der Waals surface area contributed by atoms with E-state index in [-0.39, 0.29) is 25.6 Å². The lowest BCUT2D eigenvalue weighted by Gasteiger charge is -2.19. The van der Waals surface area contributed by atoms with Crippen LogP contribution >= 0.6 is 7.82 Å². The number of hydrogen-bond acceptors (Lipinski definition) is 7. The van der Waals surface area contributed by atoms with Crippen molar-refractivity contribution in [2.75, 3.05) is 19.8 Å². The van der Waals surface area contributed by atoms with E-state index in [1.54, 1.807) is 6.92 Å². The lowest BCUT2D eigenvalue weighted by molar-refractivity contribution is -0.161. The number of ether oxygens (including phenoxy) is 2. The molecule has 230 valence electrons. The Kier molecular flexibility index (Phi) is 26.1. The number of hydrogen-bond donors (Lipinski definition) is 1. The predicted molar refractivity (Wildman–Crippen MR) is 156 cm³/mol. The van der Waals surface area contributed by atoms with Gasteiger partial charge < -0.3 is 14.4 Å². The summed E-state index contributed by atoms with van der Waals surface area (Å²) in [4.78, 5) is 34.2. The van der Waals surface area contributed by atoms with E-state index < -0.39 is 26.5 Å². The van der Waals surface area contributed by atoms with Crippen molar-refractivity contribution in [1.29, 1.82) is 0 Å². The van der Waals surface area contributed by atoms with E-state index >= 15 is 0 Å². The number of allylic oxidation sites excluding steroid dienone is 2. The SMILES string of the molecule is CC/C=C/CCCCCCCC(=O)O[C@H](COC(=O)CCCCCCCCCCCC)COP(=O)(O)OCC. The van der Waals surface area contributed by atoms with Gasteiger partial charge >= 0.3 is 19.8 Å². The van der Waals surface area contributed by atoms with Crippen molar-refractivity contribution < 1.29 is 37.6 Å². The smallest absolute Gasteiger partial charge is 0.462 e. The Hall–Kier alpha value is -1.21. The van der Waals surface area contributed by atoms with E-state index in [2.05, 4.69) is 26.0 Å². The maximum absolute atomic E-state index is 12.3. The molecule has 0 heterocycles. The molecule has 0 aliphatic rings. The van der Waals surface area contributed by atoms with Gasteiger partial charge in [0.05, 0.1) is 13.2 Å². The molecular formula is C30H57O8P. The predicted octanol–water partition coefficient (Wildman–Crippen LogP) is 8.60. The van der Waals surface area contributed by atoms with Crippen LogP contribution in [-0.2, 0) is 32.7 Å². The third-order valence-electron chi connectivity index (χ3n) is 6.33. The Labute approximate surface area is 238 Å². The molecule has 0 saturated carbocycles. The summed E-state index contributed by atoms with van der Waals surface area (Å²) in [6, 6.07) is 0. The van der Waals surface area contributed by atoms with Gasteiger partial charge in [0.15, 0.2) is 6.10 Å². The molecule has 0 aromatic heterocycles. The molecule has 39 heavy (non-hydrogen) atoms. The van der Waals surface area contributed by atoms with Crippen molar-refractivity contribution in [3.8, 4) is 0 Å². The summed E-state index contributed by atoms with van der Waals surface area (Å²) in [6.45, 7) is 5.30. The highest BCUT2D eigenvalue weighted by Crippen LogP contribution is 2.43. The Bertz CT molecular complexity index is 667. The molecule has 0 aliphatic heterocycles. The van der Waals surface area contributed by atoms with Gasteiger partial charge in [0.2, 0.25) is 0 Å². The van der Waals surface area contributed by atoms with E-state index in [0.29, 0.717) is 12.8 Å². The molecule has 0 bridgehead atoms. The van der Waals surface area contributed by atoms with Crippen LogP contribution in [0.25, 0.3) is 0 Å². The third kappa shape index (κ3) is 26.8. The Morgan fingerprint density at radius 2 is 1.23 bits per heavy atom. The van der Waals surface area contributed by atoms with Crippen molar-refractivity contribution >= 4 is 19.8 Å². The molecule has 0 saturated heterocycles. The lowest BCUT2D eigenvalue weighted by atomic mass is 10.1. The summed E-state index contributed by atoms with van der Waals surface area (Å²) in [5.41, 5.74) is 0. The van der Waals surface area contributed by atoms with Gasteiger partial charge in [0, 0.05) is 12.8 Å². The van der Waals surface area contributed by atoms with E-state index in [1.807, 2.05) is 0 Å². The van der Waals surface area contributed by atoms with Crippen molar-refractivity contribution in [3.05, 3.63) is 12.2 Å². The second-order valence-electron chi connectivity index (χ2n) is 10.1. The molecule has 0 aromatic carbocycles. The second kappa shape index (κ2) is 27.0. The minimum absolute atomic E-state index is 0.000959. The van der Waals surface area contributed by atoms with Gasteiger partial charge in [-0.2, -0.15) is 0 Å². The number of unbranched alkanes of at least 4 members (excludes halogenated alkanes) is 14. The van der Waals surface area contributed by atoms with E-state index in [9.17, 15) is 19.0 Å². The molecule has 0 radical (unpaired) electrons. The minimum atomic E-state index is -4.26. The molecule has 0 aliphatic carbocycles. The van der Waals surface area contributed by atoms with Crippen LogP contribution in [-0.4, -0.2) is 42.8 Å². The fourth-order valence-electron chi connectivity index (χ4n) is 4.10. The van der Waals surface area contributed by atoms with Crippen molar-refractivity contribution in [2.24, 2.45) is 0 Å². The Morgan fingerprint density at radius 1 is 0.692 bits per heavy atom. The molecule has 0 rings (SSSR count). The van der Waals surface area contributed by atoms with Gasteiger partial charge in [-0.15, -0.1) is 0 Å². The topological polar surface area (TPSA) is 108 Å². The molecule has 1 unspecified atom stereocenters. The summed E-state index contributed by atoms with van der Waals surface area (Å²) in [7, 11) is -4.26. The third-order valence-corrected chi connectivity index (χ3v) is 7.39. The maximum atomic E-state index is 12.3. The minimum Gasteiger partial charge on any atom is -0.462 e. The highest BCUT2D eigenvalue weighted by molar-refractivity contribution is 7.47. The maximum Gasteiger partial charge on any atom is 0.472 e. The molecule has 8 nitrogen and oxygen atoms in total. The summed E-state index contributed by atoms with van der Waals surface area (Å²) in [6.07, 6.45) is 22.8. The first-order chi connectivity index (χ1) is 18.8. The average Bonchev–Trinajstić information content (AvgIpc) is 2.90. The van der Waals surface area contributed by atoms with Gasteiger partial charge in [0.1, 0.15) is 6.61 Å². The molecule has 9 heteroatoms. The Morgan fingerprint density at radius 3 is 1.79 bits per heavy atom. The van der Waals surface area contributed by atoms with E-state index in [0.717, 1.165) is 57.8 Å². The Balaban J connectivity index is 4.27. The van der Waals surface area contributed by atoms with Crippen LogP contribution in [0.3, 0.4) is 0 Å². The van der Waals surface area contributed by atoms with E-state index in [4.69, 9.17) is 18.5 Å². The normalized spacial score (nSPS) is 13.8. The zero-order chi connectivity index (χ0) is 29.0. The van der Waals surface area contributed by atoms with Crippen LogP contribution in [0.15, 0.2) is 12.2 Å². The fourth-order valence-corrected chi connectivity index (χ4v) is 4.86. The standard InChI is InChI=1S/C30H57O8P/c1-4-7-9-11-13-15-17-18-20-22-24-29(31)35-26-28(27-37-39(33,34)36-6-3)38-30(32)25-23-21-19-16-14-12-10-8-5-2/h8,10,28H,4-7,9,11-27H2,1-3H3,(H,33,34)/b10-8+/t28-/m1/s1. The molecule has 0 fully saturated rings. The highest BCUT2D eigenvalue weighted by atomic mass is 31.2. The molecule has 0 amide bonds. The van der Waals surface area contributed by atoms with Crippen LogP contribution in [0.5, 0.6) is 0 Å². The van der Waals surface area contributed by atoms with Crippen LogP contribution in [0.1, 0.15) is 143 Å². The number of phosphoric ester groups is 1. The average molecular weight is 577 g/mol. The van der Waals surface area contributed by atoms with Crippen LogP contribution in [0, 0.1) is 0 Å². The van der Waals surface area contributed by atoms with Gasteiger partial charge in [-0.25, -0.2) is 4.57 Å². The first kappa shape index (κ1) is 37.8.